The number of anilines is 1. The van der Waals surface area contributed by atoms with Crippen LogP contribution in [-0.4, -0.2) is 51.2 Å². The third-order valence-electron chi connectivity index (χ3n) is 4.66. The monoisotopic (exact) mass is 440 g/mol. The second-order valence-corrected chi connectivity index (χ2v) is 6.93. The summed E-state index contributed by atoms with van der Waals surface area (Å²) in [6.07, 6.45) is 0.502. The number of carbonyl (C=O) groups is 1. The molecule has 3 aromatic rings. The molecule has 0 fully saturated rings. The molecule has 0 saturated carbocycles. The lowest BCUT2D eigenvalue weighted by Crippen LogP contribution is -2.24. The quantitative estimate of drug-likeness (QED) is 0.290. The van der Waals surface area contributed by atoms with Crippen LogP contribution in [0.25, 0.3) is 0 Å². The predicted molar refractivity (Wildman–Crippen MR) is 110 cm³/mol. The summed E-state index contributed by atoms with van der Waals surface area (Å²) in [4.78, 5) is 22.7. The number of aromatic amines is 1. The van der Waals surface area contributed by atoms with Gasteiger partial charge in [0.05, 0.1) is 12.3 Å². The highest BCUT2D eigenvalue weighted by Gasteiger charge is 2.28. The number of fused-ring (bicyclic) bond motifs is 1. The van der Waals surface area contributed by atoms with Gasteiger partial charge < -0.3 is 19.5 Å². The Kier molecular flexibility index (Phi) is 6.39. The SMILES string of the molecule is O=C(Nc1cccc2c1OC(c1nnn[nH]1)CO2)c1ccc(OCCCC[N+](=O)[O-])cc1. The number of amides is 1. The van der Waals surface area contributed by atoms with E-state index in [-0.39, 0.29) is 24.0 Å². The highest BCUT2D eigenvalue weighted by atomic mass is 16.6. The molecule has 4 rings (SSSR count). The average molecular weight is 440 g/mol. The molecule has 0 bridgehead atoms. The molecular formula is C20H20N6O6. The molecule has 1 unspecified atom stereocenters. The van der Waals surface area contributed by atoms with Crippen molar-refractivity contribution in [3.05, 3.63) is 64.0 Å². The van der Waals surface area contributed by atoms with Crippen molar-refractivity contribution in [1.82, 2.24) is 20.6 Å². The normalized spacial score (nSPS) is 14.6. The summed E-state index contributed by atoms with van der Waals surface area (Å²) in [5.74, 6) is 1.57. The molecule has 1 aliphatic heterocycles. The zero-order valence-electron chi connectivity index (χ0n) is 16.9. The molecule has 166 valence electrons. The van der Waals surface area contributed by atoms with Gasteiger partial charge in [-0.2, -0.15) is 0 Å². The maximum absolute atomic E-state index is 12.7. The second kappa shape index (κ2) is 9.73. The van der Waals surface area contributed by atoms with Gasteiger partial charge in [-0.05, 0) is 53.2 Å². The lowest BCUT2D eigenvalue weighted by Gasteiger charge is -2.26. The van der Waals surface area contributed by atoms with E-state index in [0.717, 1.165) is 0 Å². The van der Waals surface area contributed by atoms with Gasteiger partial charge in [0.2, 0.25) is 6.54 Å². The molecule has 32 heavy (non-hydrogen) atoms. The lowest BCUT2D eigenvalue weighted by molar-refractivity contribution is -0.480. The van der Waals surface area contributed by atoms with Crippen molar-refractivity contribution >= 4 is 11.6 Å². The van der Waals surface area contributed by atoms with Gasteiger partial charge in [0.1, 0.15) is 12.4 Å². The number of nitrogens with zero attached hydrogens (tertiary/aromatic N) is 4. The molecule has 0 spiro atoms. The molecule has 0 aliphatic carbocycles. The Morgan fingerprint density at radius 1 is 1.25 bits per heavy atom. The van der Waals surface area contributed by atoms with E-state index in [1.54, 1.807) is 42.5 Å². The van der Waals surface area contributed by atoms with Gasteiger partial charge in [-0.25, -0.2) is 5.10 Å². The summed E-state index contributed by atoms with van der Waals surface area (Å²) in [6, 6.07) is 11.8. The number of benzene rings is 2. The lowest BCUT2D eigenvalue weighted by atomic mass is 10.2. The summed E-state index contributed by atoms with van der Waals surface area (Å²) < 4.78 is 17.2. The number of rotatable bonds is 9. The van der Waals surface area contributed by atoms with Crippen molar-refractivity contribution in [2.24, 2.45) is 0 Å². The first-order valence-electron chi connectivity index (χ1n) is 9.92. The predicted octanol–water partition coefficient (Wildman–Crippen LogP) is 2.40. The number of nitrogens with one attached hydrogen (secondary N) is 2. The number of hydrogen-bond donors (Lipinski definition) is 2. The molecule has 2 N–H and O–H groups in total. The minimum absolute atomic E-state index is 0.0730. The largest absolute Gasteiger partial charge is 0.494 e. The fourth-order valence-electron chi connectivity index (χ4n) is 3.06. The summed E-state index contributed by atoms with van der Waals surface area (Å²) >= 11 is 0. The Labute approximate surface area is 182 Å². The van der Waals surface area contributed by atoms with Gasteiger partial charge in [-0.3, -0.25) is 14.9 Å². The van der Waals surface area contributed by atoms with E-state index in [2.05, 4.69) is 25.9 Å². The Hall–Kier alpha value is -4.22. The topological polar surface area (TPSA) is 154 Å². The first kappa shape index (κ1) is 21.0. The van der Waals surface area contributed by atoms with Crippen molar-refractivity contribution in [2.75, 3.05) is 25.1 Å². The Morgan fingerprint density at radius 2 is 2.09 bits per heavy atom. The molecule has 12 nitrogen and oxygen atoms in total. The van der Waals surface area contributed by atoms with Crippen LogP contribution in [0.5, 0.6) is 17.2 Å². The van der Waals surface area contributed by atoms with Crippen molar-refractivity contribution in [3.63, 3.8) is 0 Å². The number of tetrazole rings is 1. The number of ether oxygens (including phenoxy) is 3. The molecule has 2 aromatic carbocycles. The van der Waals surface area contributed by atoms with Crippen molar-refractivity contribution in [2.45, 2.75) is 18.9 Å². The van der Waals surface area contributed by atoms with Crippen LogP contribution in [0, 0.1) is 10.1 Å². The fourth-order valence-corrected chi connectivity index (χ4v) is 3.06. The maximum Gasteiger partial charge on any atom is 0.255 e. The molecule has 1 amide bonds. The number of H-pyrrole nitrogens is 1. The molecule has 2 heterocycles. The average Bonchev–Trinajstić information content (AvgIpc) is 3.34. The van der Waals surface area contributed by atoms with E-state index in [1.165, 1.54) is 0 Å². The third-order valence-corrected chi connectivity index (χ3v) is 4.66. The number of aromatic nitrogens is 4. The molecule has 0 radical (unpaired) electrons. The first-order chi connectivity index (χ1) is 15.6. The minimum Gasteiger partial charge on any atom is -0.494 e. The molecule has 1 atom stereocenters. The van der Waals surface area contributed by atoms with Crippen LogP contribution in [0.4, 0.5) is 5.69 Å². The molecule has 0 saturated heterocycles. The van der Waals surface area contributed by atoms with Crippen molar-refractivity contribution in [3.8, 4) is 17.2 Å². The summed E-state index contributed by atoms with van der Waals surface area (Å²) in [6.45, 7) is 0.528. The number of carbonyl (C=O) groups excluding carboxylic acids is 1. The molecular weight excluding hydrogens is 420 g/mol. The zero-order valence-corrected chi connectivity index (χ0v) is 16.9. The van der Waals surface area contributed by atoms with Crippen molar-refractivity contribution in [1.29, 1.82) is 0 Å². The van der Waals surface area contributed by atoms with E-state index >= 15 is 0 Å². The Balaban J connectivity index is 1.37. The van der Waals surface area contributed by atoms with Gasteiger partial charge >= 0.3 is 0 Å². The van der Waals surface area contributed by atoms with Gasteiger partial charge in [-0.15, -0.1) is 5.10 Å². The maximum atomic E-state index is 12.7. The molecule has 12 heteroatoms. The van der Waals surface area contributed by atoms with Crippen LogP contribution in [-0.2, 0) is 0 Å². The van der Waals surface area contributed by atoms with E-state index in [4.69, 9.17) is 14.2 Å². The number of unbranched alkanes of at least 4 members (excludes halogenated alkanes) is 1. The number of para-hydroxylation sites is 1. The van der Waals surface area contributed by atoms with Crippen LogP contribution in [0.1, 0.15) is 35.1 Å². The van der Waals surface area contributed by atoms with Crippen LogP contribution in [0.15, 0.2) is 42.5 Å². The smallest absolute Gasteiger partial charge is 0.255 e. The van der Waals surface area contributed by atoms with E-state index in [9.17, 15) is 14.9 Å². The van der Waals surface area contributed by atoms with E-state index in [0.29, 0.717) is 53.8 Å². The van der Waals surface area contributed by atoms with E-state index < -0.39 is 6.10 Å². The number of hydrogen-bond acceptors (Lipinski definition) is 9. The van der Waals surface area contributed by atoms with Gasteiger partial charge in [0.25, 0.3) is 5.91 Å². The van der Waals surface area contributed by atoms with Crippen LogP contribution < -0.4 is 19.5 Å². The van der Waals surface area contributed by atoms with Crippen LogP contribution >= 0.6 is 0 Å². The zero-order chi connectivity index (χ0) is 22.3. The standard InChI is InChI=1S/C20H20N6O6/c27-20(13-6-8-14(9-7-13)30-11-2-1-10-26(28)29)21-15-4-3-5-16-18(15)32-17(12-31-16)19-22-24-25-23-19/h3-9,17H,1-2,10-12H2,(H,21,27)(H,22,23,24,25). The number of nitro groups is 1. The highest BCUT2D eigenvalue weighted by Crippen LogP contribution is 2.41. The molecule has 1 aromatic heterocycles. The van der Waals surface area contributed by atoms with Crippen molar-refractivity contribution < 1.29 is 23.9 Å². The molecule has 1 aliphatic rings. The third kappa shape index (κ3) is 5.09. The first-order valence-corrected chi connectivity index (χ1v) is 9.92. The minimum atomic E-state index is -0.530. The Morgan fingerprint density at radius 3 is 2.84 bits per heavy atom. The fraction of sp³-hybridized carbons (Fsp3) is 0.300. The summed E-state index contributed by atoms with van der Waals surface area (Å²) in [5.41, 5.74) is 0.881. The summed E-state index contributed by atoms with van der Waals surface area (Å²) in [5, 5.41) is 26.7. The van der Waals surface area contributed by atoms with Gasteiger partial charge in [-0.1, -0.05) is 6.07 Å². The summed E-state index contributed by atoms with van der Waals surface area (Å²) in [7, 11) is 0. The highest BCUT2D eigenvalue weighted by molar-refractivity contribution is 6.05. The van der Waals surface area contributed by atoms with Crippen LogP contribution in [0.3, 0.4) is 0 Å². The van der Waals surface area contributed by atoms with E-state index in [1.807, 2.05) is 0 Å². The second-order valence-electron chi connectivity index (χ2n) is 6.93. The van der Waals surface area contributed by atoms with Crippen LogP contribution in [0.2, 0.25) is 0 Å². The van der Waals surface area contributed by atoms with Gasteiger partial charge in [0.15, 0.2) is 23.4 Å². The van der Waals surface area contributed by atoms with Gasteiger partial charge in [0, 0.05) is 16.9 Å². The Bertz CT molecular complexity index is 1070.